The minimum atomic E-state index is -0.560. The standard InChI is InChI=1S/C23H26N4O4/c1-31-18-8-6-17(7-9-18)10-11-25-12-14-26(15-13-25)21(28)16-27-22(29)19-4-2-3-5-20(19)24-23(27)30/h2-9H,10-16H2,1H3,(H,24,30). The Balaban J connectivity index is 1.33. The van der Waals surface area contributed by atoms with Crippen LogP contribution in [-0.2, 0) is 17.8 Å². The van der Waals surface area contributed by atoms with Crippen LogP contribution in [0.2, 0.25) is 0 Å². The third kappa shape index (κ3) is 4.69. The average molecular weight is 422 g/mol. The van der Waals surface area contributed by atoms with E-state index < -0.39 is 11.2 Å². The monoisotopic (exact) mass is 422 g/mol. The number of piperazine rings is 1. The van der Waals surface area contributed by atoms with Crippen LogP contribution >= 0.6 is 0 Å². The predicted molar refractivity (Wildman–Crippen MR) is 119 cm³/mol. The summed E-state index contributed by atoms with van der Waals surface area (Å²) >= 11 is 0. The Labute approximate surface area is 179 Å². The van der Waals surface area contributed by atoms with E-state index in [0.29, 0.717) is 24.0 Å². The SMILES string of the molecule is COc1ccc(CCN2CCN(C(=O)Cn3c(=O)[nH]c4ccccc4c3=O)CC2)cc1. The molecule has 1 aliphatic heterocycles. The van der Waals surface area contributed by atoms with Crippen LogP contribution < -0.4 is 16.0 Å². The van der Waals surface area contributed by atoms with Crippen molar-refractivity contribution in [1.82, 2.24) is 19.4 Å². The number of rotatable bonds is 6. The molecule has 0 aliphatic carbocycles. The molecule has 2 aromatic carbocycles. The minimum absolute atomic E-state index is 0.210. The van der Waals surface area contributed by atoms with Crippen molar-refractivity contribution in [2.45, 2.75) is 13.0 Å². The molecule has 1 aromatic heterocycles. The van der Waals surface area contributed by atoms with Gasteiger partial charge in [-0.2, -0.15) is 0 Å². The molecule has 1 fully saturated rings. The predicted octanol–water partition coefficient (Wildman–Crippen LogP) is 1.09. The fraction of sp³-hybridized carbons (Fsp3) is 0.348. The molecule has 1 N–H and O–H groups in total. The highest BCUT2D eigenvalue weighted by molar-refractivity contribution is 5.79. The maximum Gasteiger partial charge on any atom is 0.329 e. The third-order valence-electron chi connectivity index (χ3n) is 5.78. The van der Waals surface area contributed by atoms with E-state index in [-0.39, 0.29) is 12.5 Å². The average Bonchev–Trinajstić information content (AvgIpc) is 2.81. The Morgan fingerprint density at radius 3 is 2.42 bits per heavy atom. The number of methoxy groups -OCH3 is 1. The van der Waals surface area contributed by atoms with Crippen molar-refractivity contribution in [1.29, 1.82) is 0 Å². The van der Waals surface area contributed by atoms with Gasteiger partial charge in [-0.25, -0.2) is 4.79 Å². The molecule has 8 heteroatoms. The summed E-state index contributed by atoms with van der Waals surface area (Å²) in [5.41, 5.74) is 0.724. The van der Waals surface area contributed by atoms with Crippen LogP contribution in [0.4, 0.5) is 0 Å². The second-order valence-electron chi connectivity index (χ2n) is 7.69. The lowest BCUT2D eigenvalue weighted by molar-refractivity contribution is -0.133. The quantitative estimate of drug-likeness (QED) is 0.643. The number of para-hydroxylation sites is 1. The van der Waals surface area contributed by atoms with Crippen LogP contribution in [0.15, 0.2) is 58.1 Å². The first-order chi connectivity index (χ1) is 15.0. The Morgan fingerprint density at radius 2 is 1.71 bits per heavy atom. The molecule has 0 atom stereocenters. The fourth-order valence-electron chi connectivity index (χ4n) is 3.88. The Morgan fingerprint density at radius 1 is 1.00 bits per heavy atom. The molecule has 0 saturated carbocycles. The smallest absolute Gasteiger partial charge is 0.329 e. The fourth-order valence-corrected chi connectivity index (χ4v) is 3.88. The summed E-state index contributed by atoms with van der Waals surface area (Å²) in [5, 5.41) is 0.401. The zero-order chi connectivity index (χ0) is 21.8. The molecule has 1 saturated heterocycles. The molecule has 31 heavy (non-hydrogen) atoms. The third-order valence-corrected chi connectivity index (χ3v) is 5.78. The molecule has 3 aromatic rings. The molecule has 2 heterocycles. The highest BCUT2D eigenvalue weighted by Gasteiger charge is 2.22. The molecule has 8 nitrogen and oxygen atoms in total. The van der Waals surface area contributed by atoms with Gasteiger partial charge in [0.2, 0.25) is 5.91 Å². The van der Waals surface area contributed by atoms with Crippen LogP contribution in [0.25, 0.3) is 10.9 Å². The lowest BCUT2D eigenvalue weighted by Crippen LogP contribution is -2.51. The molecule has 1 aliphatic rings. The van der Waals surface area contributed by atoms with Crippen molar-refractivity contribution in [3.8, 4) is 5.75 Å². The van der Waals surface area contributed by atoms with Gasteiger partial charge in [-0.05, 0) is 36.2 Å². The van der Waals surface area contributed by atoms with Gasteiger partial charge in [-0.3, -0.25) is 19.1 Å². The van der Waals surface area contributed by atoms with Gasteiger partial charge < -0.3 is 14.6 Å². The lowest BCUT2D eigenvalue weighted by Gasteiger charge is -2.34. The summed E-state index contributed by atoms with van der Waals surface area (Å²) in [6, 6.07) is 14.9. The molecule has 0 radical (unpaired) electrons. The Bertz CT molecular complexity index is 1170. The molecule has 0 bridgehead atoms. The Hall–Kier alpha value is -3.39. The van der Waals surface area contributed by atoms with Crippen molar-refractivity contribution in [2.75, 3.05) is 39.8 Å². The number of ether oxygens (including phenoxy) is 1. The first kappa shape index (κ1) is 20.9. The van der Waals surface area contributed by atoms with Gasteiger partial charge in [-0.1, -0.05) is 24.3 Å². The molecule has 0 spiro atoms. The number of hydrogen-bond acceptors (Lipinski definition) is 5. The van der Waals surface area contributed by atoms with E-state index in [0.717, 1.165) is 36.4 Å². The van der Waals surface area contributed by atoms with Crippen LogP contribution in [0.5, 0.6) is 5.75 Å². The summed E-state index contributed by atoms with van der Waals surface area (Å²) in [7, 11) is 1.66. The minimum Gasteiger partial charge on any atom is -0.497 e. The molecule has 1 amide bonds. The maximum atomic E-state index is 12.7. The van der Waals surface area contributed by atoms with E-state index in [1.54, 1.807) is 36.3 Å². The van der Waals surface area contributed by atoms with Crippen LogP contribution in [-0.4, -0.2) is 65.1 Å². The summed E-state index contributed by atoms with van der Waals surface area (Å²) in [5.74, 6) is 0.637. The zero-order valence-electron chi connectivity index (χ0n) is 17.5. The molecule has 162 valence electrons. The maximum absolute atomic E-state index is 12.7. The van der Waals surface area contributed by atoms with Crippen molar-refractivity contribution < 1.29 is 9.53 Å². The number of fused-ring (bicyclic) bond motifs is 1. The summed E-state index contributed by atoms with van der Waals surface area (Å²) < 4.78 is 6.17. The summed E-state index contributed by atoms with van der Waals surface area (Å²) in [4.78, 5) is 44.4. The van der Waals surface area contributed by atoms with E-state index >= 15 is 0 Å². The number of H-pyrrole nitrogens is 1. The van der Waals surface area contributed by atoms with Crippen LogP contribution in [0.3, 0.4) is 0 Å². The molecular weight excluding hydrogens is 396 g/mol. The van der Waals surface area contributed by atoms with Crippen LogP contribution in [0, 0.1) is 0 Å². The van der Waals surface area contributed by atoms with Gasteiger partial charge in [0.05, 0.1) is 18.0 Å². The van der Waals surface area contributed by atoms with Crippen molar-refractivity contribution in [3.05, 3.63) is 74.9 Å². The second-order valence-corrected chi connectivity index (χ2v) is 7.69. The number of nitrogens with one attached hydrogen (secondary N) is 1. The number of benzene rings is 2. The van der Waals surface area contributed by atoms with Gasteiger partial charge in [0.15, 0.2) is 0 Å². The van der Waals surface area contributed by atoms with E-state index in [1.165, 1.54) is 5.56 Å². The van der Waals surface area contributed by atoms with Gasteiger partial charge in [-0.15, -0.1) is 0 Å². The van der Waals surface area contributed by atoms with Gasteiger partial charge in [0, 0.05) is 32.7 Å². The highest BCUT2D eigenvalue weighted by Crippen LogP contribution is 2.12. The number of carbonyl (C=O) groups excluding carboxylic acids is 1. The van der Waals surface area contributed by atoms with E-state index in [4.69, 9.17) is 4.74 Å². The number of aromatic amines is 1. The zero-order valence-corrected chi connectivity index (χ0v) is 17.5. The normalized spacial score (nSPS) is 14.7. The van der Waals surface area contributed by atoms with E-state index in [2.05, 4.69) is 22.0 Å². The summed E-state index contributed by atoms with van der Waals surface area (Å²) in [6.07, 6.45) is 0.930. The number of aromatic nitrogens is 2. The Kier molecular flexibility index (Phi) is 6.18. The van der Waals surface area contributed by atoms with Gasteiger partial charge in [0.1, 0.15) is 12.3 Å². The topological polar surface area (TPSA) is 87.6 Å². The first-order valence-electron chi connectivity index (χ1n) is 10.4. The number of hydrogen-bond donors (Lipinski definition) is 1. The molecule has 0 unspecified atom stereocenters. The first-order valence-corrected chi connectivity index (χ1v) is 10.4. The second kappa shape index (κ2) is 9.18. The lowest BCUT2D eigenvalue weighted by atomic mass is 10.1. The van der Waals surface area contributed by atoms with Gasteiger partial charge >= 0.3 is 5.69 Å². The van der Waals surface area contributed by atoms with E-state index in [9.17, 15) is 14.4 Å². The summed E-state index contributed by atoms with van der Waals surface area (Å²) in [6.45, 7) is 3.38. The number of amides is 1. The van der Waals surface area contributed by atoms with Crippen molar-refractivity contribution in [3.63, 3.8) is 0 Å². The largest absolute Gasteiger partial charge is 0.497 e. The molecule has 4 rings (SSSR count). The van der Waals surface area contributed by atoms with Crippen molar-refractivity contribution in [2.24, 2.45) is 0 Å². The highest BCUT2D eigenvalue weighted by atomic mass is 16.5. The van der Waals surface area contributed by atoms with Crippen LogP contribution in [0.1, 0.15) is 5.56 Å². The number of nitrogens with zero attached hydrogens (tertiary/aromatic N) is 3. The van der Waals surface area contributed by atoms with Crippen molar-refractivity contribution >= 4 is 16.8 Å². The van der Waals surface area contributed by atoms with E-state index in [1.807, 2.05) is 12.1 Å². The number of carbonyl (C=O) groups is 1. The van der Waals surface area contributed by atoms with Gasteiger partial charge in [0.25, 0.3) is 5.56 Å². The molecular formula is C23H26N4O4.